The van der Waals surface area contributed by atoms with Crippen LogP contribution in [-0.4, -0.2) is 33.1 Å². The van der Waals surface area contributed by atoms with E-state index in [2.05, 4.69) is 33.0 Å². The van der Waals surface area contributed by atoms with Crippen molar-refractivity contribution in [3.63, 3.8) is 0 Å². The monoisotopic (exact) mass is 363 g/mol. The summed E-state index contributed by atoms with van der Waals surface area (Å²) in [7, 11) is 0. The zero-order chi connectivity index (χ0) is 19.3. The summed E-state index contributed by atoms with van der Waals surface area (Å²) in [6.07, 6.45) is 0.0671. The topological polar surface area (TPSA) is 55.4 Å². The van der Waals surface area contributed by atoms with Gasteiger partial charge in [0.2, 0.25) is 15.2 Å². The molecule has 0 aliphatic rings. The lowest BCUT2D eigenvalue weighted by molar-refractivity contribution is -0.112. The van der Waals surface area contributed by atoms with E-state index in [0.717, 1.165) is 17.4 Å². The van der Waals surface area contributed by atoms with Crippen LogP contribution in [0.25, 0.3) is 0 Å². The summed E-state index contributed by atoms with van der Waals surface area (Å²) in [6, 6.07) is 9.34. The first kappa shape index (κ1) is 23.7. The predicted octanol–water partition coefficient (Wildman–Crippen LogP) is 4.46. The van der Waals surface area contributed by atoms with Crippen LogP contribution in [0.5, 0.6) is 0 Å². The SMILES string of the molecule is CC(C)(C=O)NC(=O)OCc1ccccc1.CC(C)[CH2][AlH][CH2]C(C)C. The zero-order valence-electron chi connectivity index (χ0n) is 16.7. The maximum absolute atomic E-state index is 11.3. The van der Waals surface area contributed by atoms with Gasteiger partial charge in [-0.05, 0) is 19.4 Å². The average molecular weight is 363 g/mol. The van der Waals surface area contributed by atoms with Gasteiger partial charge in [-0.1, -0.05) is 80.4 Å². The molecule has 0 aromatic heterocycles. The van der Waals surface area contributed by atoms with Crippen molar-refractivity contribution >= 4 is 27.6 Å². The van der Waals surface area contributed by atoms with Gasteiger partial charge in [0.25, 0.3) is 0 Å². The first-order valence-electron chi connectivity index (χ1n) is 9.11. The van der Waals surface area contributed by atoms with Crippen LogP contribution in [0.2, 0.25) is 10.6 Å². The third kappa shape index (κ3) is 14.7. The van der Waals surface area contributed by atoms with Crippen molar-refractivity contribution in [2.45, 2.75) is 64.3 Å². The molecule has 25 heavy (non-hydrogen) atoms. The zero-order valence-corrected chi connectivity index (χ0v) is 18.1. The highest BCUT2D eigenvalue weighted by Gasteiger charge is 2.19. The number of carbonyl (C=O) groups is 2. The van der Waals surface area contributed by atoms with Crippen LogP contribution in [0.4, 0.5) is 4.79 Å². The number of carbonyl (C=O) groups excluding carboxylic acids is 2. The van der Waals surface area contributed by atoms with Gasteiger partial charge < -0.3 is 14.8 Å². The summed E-state index contributed by atoms with van der Waals surface area (Å²) >= 11 is 0.316. The Morgan fingerprint density at radius 3 is 2.08 bits per heavy atom. The molecule has 0 saturated heterocycles. The average Bonchev–Trinajstić information content (AvgIpc) is 2.53. The molecule has 0 unspecified atom stereocenters. The van der Waals surface area contributed by atoms with Gasteiger partial charge in [0.05, 0.1) is 5.54 Å². The molecule has 0 saturated carbocycles. The van der Waals surface area contributed by atoms with E-state index in [1.807, 2.05) is 30.3 Å². The molecule has 0 radical (unpaired) electrons. The van der Waals surface area contributed by atoms with E-state index in [-0.39, 0.29) is 6.61 Å². The van der Waals surface area contributed by atoms with E-state index in [1.54, 1.807) is 13.8 Å². The van der Waals surface area contributed by atoms with E-state index in [4.69, 9.17) is 4.74 Å². The molecule has 0 aliphatic carbocycles. The first-order valence-corrected chi connectivity index (χ1v) is 11.1. The fraction of sp³-hybridized carbons (Fsp3) is 0.600. The van der Waals surface area contributed by atoms with Gasteiger partial charge in [-0.25, -0.2) is 4.79 Å². The van der Waals surface area contributed by atoms with E-state index in [0.29, 0.717) is 21.5 Å². The van der Waals surface area contributed by atoms with Gasteiger partial charge >= 0.3 is 6.09 Å². The number of rotatable bonds is 8. The molecule has 1 aromatic carbocycles. The summed E-state index contributed by atoms with van der Waals surface area (Å²) in [4.78, 5) is 21.9. The molecule has 0 heterocycles. The number of hydrogen-bond acceptors (Lipinski definition) is 3. The number of aldehydes is 1. The summed E-state index contributed by atoms with van der Waals surface area (Å²) in [5, 5.41) is 5.53. The van der Waals surface area contributed by atoms with Gasteiger partial charge in [-0.15, -0.1) is 0 Å². The molecule has 140 valence electrons. The molecular formula is C20H34AlNO3. The molecule has 1 rings (SSSR count). The largest absolute Gasteiger partial charge is 0.445 e. The van der Waals surface area contributed by atoms with Crippen LogP contribution < -0.4 is 5.32 Å². The highest BCUT2D eigenvalue weighted by Crippen LogP contribution is 2.05. The Balaban J connectivity index is 0.000000547. The molecule has 5 heteroatoms. The summed E-state index contributed by atoms with van der Waals surface area (Å²) in [6.45, 7) is 12.7. The minimum atomic E-state index is -0.895. The lowest BCUT2D eigenvalue weighted by atomic mass is 10.1. The number of nitrogens with one attached hydrogen (secondary N) is 1. The van der Waals surface area contributed by atoms with Crippen molar-refractivity contribution in [3.8, 4) is 0 Å². The first-order chi connectivity index (χ1) is 11.7. The van der Waals surface area contributed by atoms with Crippen LogP contribution in [0.15, 0.2) is 30.3 Å². The van der Waals surface area contributed by atoms with Gasteiger partial charge in [0.1, 0.15) is 12.9 Å². The molecule has 0 atom stereocenters. The molecule has 1 amide bonds. The smallest absolute Gasteiger partial charge is 0.408 e. The minimum absolute atomic E-state index is 0.196. The molecule has 4 nitrogen and oxygen atoms in total. The number of hydrogen-bond donors (Lipinski definition) is 1. The summed E-state index contributed by atoms with van der Waals surface area (Å²) in [5.41, 5.74) is 0.00915. The van der Waals surface area contributed by atoms with Gasteiger partial charge in [0.15, 0.2) is 0 Å². The van der Waals surface area contributed by atoms with Crippen molar-refractivity contribution in [3.05, 3.63) is 35.9 Å². The van der Waals surface area contributed by atoms with E-state index in [9.17, 15) is 9.59 Å². The summed E-state index contributed by atoms with van der Waals surface area (Å²) < 4.78 is 4.96. The maximum atomic E-state index is 11.3. The van der Waals surface area contributed by atoms with Gasteiger partial charge in [0, 0.05) is 0 Å². The molecule has 0 bridgehead atoms. The second-order valence-corrected chi connectivity index (χ2v) is 9.61. The van der Waals surface area contributed by atoms with E-state index >= 15 is 0 Å². The Hall–Kier alpha value is -1.31. The standard InChI is InChI=1S/C12H15NO3.2C4H9.Al.H/c1-12(2,9-14)13-11(15)16-8-10-6-4-3-5-7-10;2*1-4(2)3;;/h3-7,9H,8H2,1-2H3,(H,13,15);2*4H,1H2,2-3H3;;. The van der Waals surface area contributed by atoms with E-state index < -0.39 is 11.6 Å². The Morgan fingerprint density at radius 1 is 1.12 bits per heavy atom. The highest BCUT2D eigenvalue weighted by atomic mass is 27.1. The Kier molecular flexibility index (Phi) is 12.3. The third-order valence-corrected chi connectivity index (χ3v) is 6.62. The quantitative estimate of drug-likeness (QED) is 0.548. The van der Waals surface area contributed by atoms with Crippen LogP contribution >= 0.6 is 0 Å². The van der Waals surface area contributed by atoms with Gasteiger partial charge in [-0.2, -0.15) is 0 Å². The number of amides is 1. The molecule has 0 spiro atoms. The Labute approximate surface area is 159 Å². The number of benzene rings is 1. The molecule has 1 aromatic rings. The van der Waals surface area contributed by atoms with Crippen molar-refractivity contribution in [1.82, 2.24) is 5.32 Å². The second-order valence-electron chi connectivity index (χ2n) is 7.74. The number of ether oxygens (including phenoxy) is 1. The maximum Gasteiger partial charge on any atom is 0.408 e. The minimum Gasteiger partial charge on any atom is -0.445 e. The fourth-order valence-corrected chi connectivity index (χ4v) is 3.85. The van der Waals surface area contributed by atoms with Crippen molar-refractivity contribution < 1.29 is 14.3 Å². The third-order valence-electron chi connectivity index (χ3n) is 3.49. The van der Waals surface area contributed by atoms with Gasteiger partial charge in [-0.3, -0.25) is 0 Å². The lowest BCUT2D eigenvalue weighted by Crippen LogP contribution is -2.44. The van der Waals surface area contributed by atoms with Crippen molar-refractivity contribution in [2.75, 3.05) is 0 Å². The van der Waals surface area contributed by atoms with Crippen LogP contribution in [-0.2, 0) is 16.1 Å². The number of alkyl carbamates (subject to hydrolysis) is 1. The molecular weight excluding hydrogens is 329 g/mol. The van der Waals surface area contributed by atoms with Crippen LogP contribution in [0.1, 0.15) is 47.1 Å². The Morgan fingerprint density at radius 2 is 1.64 bits per heavy atom. The van der Waals surface area contributed by atoms with Crippen molar-refractivity contribution in [1.29, 1.82) is 0 Å². The van der Waals surface area contributed by atoms with Crippen LogP contribution in [0.3, 0.4) is 0 Å². The second kappa shape index (κ2) is 13.0. The van der Waals surface area contributed by atoms with E-state index in [1.165, 1.54) is 10.6 Å². The highest BCUT2D eigenvalue weighted by molar-refractivity contribution is 6.35. The molecule has 0 aliphatic heterocycles. The fourth-order valence-electron chi connectivity index (χ4n) is 1.99. The van der Waals surface area contributed by atoms with Crippen LogP contribution in [0, 0.1) is 11.8 Å². The Bertz CT molecular complexity index is 479. The molecule has 0 fully saturated rings. The van der Waals surface area contributed by atoms with Crippen molar-refractivity contribution in [2.24, 2.45) is 11.8 Å². The predicted molar refractivity (Wildman–Crippen MR) is 106 cm³/mol. The molecule has 1 N–H and O–H groups in total. The summed E-state index contributed by atoms with van der Waals surface area (Å²) in [5.74, 6) is 1.91. The lowest BCUT2D eigenvalue weighted by Gasteiger charge is -2.18. The normalized spacial score (nSPS) is 10.7.